The number of para-hydroxylation sites is 1. The second kappa shape index (κ2) is 13.6. The van der Waals surface area contributed by atoms with Crippen molar-refractivity contribution in [3.8, 4) is 0 Å². The monoisotopic (exact) mass is 562 g/mol. The van der Waals surface area contributed by atoms with Crippen molar-refractivity contribution in [1.82, 2.24) is 19.9 Å². The number of nitrogens with zero attached hydrogens (tertiary/aromatic N) is 4. The van der Waals surface area contributed by atoms with Crippen molar-refractivity contribution in [3.63, 3.8) is 0 Å². The van der Waals surface area contributed by atoms with Crippen molar-refractivity contribution in [2.75, 3.05) is 16.4 Å². The lowest BCUT2D eigenvalue weighted by Crippen LogP contribution is -2.27. The van der Waals surface area contributed by atoms with E-state index < -0.39 is 18.1 Å². The second-order valence-corrected chi connectivity index (χ2v) is 10.3. The van der Waals surface area contributed by atoms with Gasteiger partial charge in [0.15, 0.2) is 5.16 Å². The average molecular weight is 563 g/mol. The Morgan fingerprint density at radius 2 is 1.56 bits per heavy atom. The molecule has 8 nitrogen and oxygen atoms in total. The minimum absolute atomic E-state index is 0.145. The predicted octanol–water partition coefficient (Wildman–Crippen LogP) is 5.98. The van der Waals surface area contributed by atoms with Gasteiger partial charge in [0.1, 0.15) is 5.82 Å². The third kappa shape index (κ3) is 7.33. The zero-order valence-electron chi connectivity index (χ0n) is 22.5. The first-order chi connectivity index (χ1) is 20.1. The first-order valence-electron chi connectivity index (χ1n) is 13.2. The van der Waals surface area contributed by atoms with Crippen molar-refractivity contribution in [2.45, 2.75) is 30.1 Å². The maximum absolute atomic E-state index is 13.1. The molecule has 0 aliphatic carbocycles. The summed E-state index contributed by atoms with van der Waals surface area (Å²) in [6.07, 6.45) is 4.20. The van der Waals surface area contributed by atoms with Crippen molar-refractivity contribution in [3.05, 3.63) is 138 Å². The number of aliphatic hydroxyl groups excluding tert-OH is 1. The maximum Gasteiger partial charge on any atom is 0.234 e. The highest BCUT2D eigenvalue weighted by atomic mass is 32.2. The fraction of sp³-hybridized carbons (Fsp3) is 0.156. The van der Waals surface area contributed by atoms with Crippen LogP contribution < -0.4 is 10.6 Å². The number of aliphatic hydroxyl groups is 1. The number of benzene rings is 2. The zero-order chi connectivity index (χ0) is 28.4. The summed E-state index contributed by atoms with van der Waals surface area (Å²) in [5, 5.41) is 19.0. The standard InChI is InChI=1S/C32H30N6O2S/c1-22-17-20-35-32(36-22)41-21-28(39)37-25-14-6-5-13-24(25)30(38-27-16-8-10-19-34-27)29(26-15-7-9-18-33-26)31(40)23-11-3-2-4-12-23/h2-20,29-31,40H,21H2,1H3,(H,34,38)(H,37,39)/t29-,30+,31+/m0/s1. The number of aryl methyl sites for hydroxylation is 1. The Bertz CT molecular complexity index is 1560. The number of pyridine rings is 2. The van der Waals surface area contributed by atoms with Crippen LogP contribution in [0, 0.1) is 6.92 Å². The number of nitrogens with one attached hydrogen (secondary N) is 2. The van der Waals surface area contributed by atoms with Crippen LogP contribution in [-0.4, -0.2) is 36.7 Å². The Morgan fingerprint density at radius 1 is 0.829 bits per heavy atom. The third-order valence-corrected chi connectivity index (χ3v) is 7.37. The Labute approximate surface area is 243 Å². The summed E-state index contributed by atoms with van der Waals surface area (Å²) in [5.41, 5.74) is 3.71. The summed E-state index contributed by atoms with van der Waals surface area (Å²) >= 11 is 1.27. The smallest absolute Gasteiger partial charge is 0.234 e. The summed E-state index contributed by atoms with van der Waals surface area (Å²) in [4.78, 5) is 30.9. The Balaban J connectivity index is 1.52. The first-order valence-corrected chi connectivity index (χ1v) is 14.2. The minimum atomic E-state index is -0.912. The van der Waals surface area contributed by atoms with E-state index in [4.69, 9.17) is 0 Å². The van der Waals surface area contributed by atoms with Crippen LogP contribution in [0.4, 0.5) is 11.5 Å². The quantitative estimate of drug-likeness (QED) is 0.133. The number of rotatable bonds is 11. The van der Waals surface area contributed by atoms with E-state index in [-0.39, 0.29) is 11.7 Å². The van der Waals surface area contributed by atoms with Gasteiger partial charge in [-0.1, -0.05) is 72.4 Å². The molecule has 3 N–H and O–H groups in total. The summed E-state index contributed by atoms with van der Waals surface area (Å²) in [7, 11) is 0. The molecule has 0 aliphatic heterocycles. The molecular weight excluding hydrogens is 532 g/mol. The Kier molecular flexibility index (Phi) is 9.30. The van der Waals surface area contributed by atoms with E-state index >= 15 is 0 Å². The minimum Gasteiger partial charge on any atom is -0.388 e. The summed E-state index contributed by atoms with van der Waals surface area (Å²) in [6, 6.07) is 29.7. The molecule has 0 saturated heterocycles. The lowest BCUT2D eigenvalue weighted by molar-refractivity contribution is -0.113. The van der Waals surface area contributed by atoms with Crippen LogP contribution >= 0.6 is 11.8 Å². The van der Waals surface area contributed by atoms with Crippen LogP contribution in [-0.2, 0) is 4.79 Å². The van der Waals surface area contributed by atoms with Gasteiger partial charge < -0.3 is 15.7 Å². The summed E-state index contributed by atoms with van der Waals surface area (Å²) in [6.45, 7) is 1.89. The van der Waals surface area contributed by atoms with Gasteiger partial charge in [-0.15, -0.1) is 0 Å². The zero-order valence-corrected chi connectivity index (χ0v) is 23.3. The largest absolute Gasteiger partial charge is 0.388 e. The number of carbonyl (C=O) groups is 1. The van der Waals surface area contributed by atoms with E-state index in [2.05, 4.69) is 30.6 Å². The molecule has 0 spiro atoms. The van der Waals surface area contributed by atoms with Gasteiger partial charge in [0, 0.05) is 35.7 Å². The van der Waals surface area contributed by atoms with E-state index in [1.165, 1.54) is 11.8 Å². The van der Waals surface area contributed by atoms with E-state index in [1.807, 2.05) is 104 Å². The van der Waals surface area contributed by atoms with E-state index in [0.717, 1.165) is 16.8 Å². The van der Waals surface area contributed by atoms with Gasteiger partial charge in [-0.2, -0.15) is 0 Å². The van der Waals surface area contributed by atoms with Gasteiger partial charge in [0.05, 0.1) is 23.8 Å². The van der Waals surface area contributed by atoms with Crippen LogP contribution in [0.15, 0.2) is 121 Å². The second-order valence-electron chi connectivity index (χ2n) is 9.38. The van der Waals surface area contributed by atoms with Crippen molar-refractivity contribution >= 4 is 29.2 Å². The number of aromatic nitrogens is 4. The van der Waals surface area contributed by atoms with Crippen LogP contribution in [0.25, 0.3) is 0 Å². The van der Waals surface area contributed by atoms with E-state index in [9.17, 15) is 9.90 Å². The fourth-order valence-electron chi connectivity index (χ4n) is 4.61. The molecule has 206 valence electrons. The molecule has 41 heavy (non-hydrogen) atoms. The third-order valence-electron chi connectivity index (χ3n) is 6.51. The molecule has 9 heteroatoms. The van der Waals surface area contributed by atoms with Gasteiger partial charge in [-0.05, 0) is 54.4 Å². The topological polar surface area (TPSA) is 113 Å². The molecule has 3 aromatic heterocycles. The lowest BCUT2D eigenvalue weighted by atomic mass is 9.82. The fourth-order valence-corrected chi connectivity index (χ4v) is 5.28. The first kappa shape index (κ1) is 27.9. The highest BCUT2D eigenvalue weighted by Gasteiger charge is 2.35. The predicted molar refractivity (Wildman–Crippen MR) is 162 cm³/mol. The highest BCUT2D eigenvalue weighted by molar-refractivity contribution is 7.99. The van der Waals surface area contributed by atoms with Crippen LogP contribution in [0.2, 0.25) is 0 Å². The molecule has 3 heterocycles. The molecule has 0 bridgehead atoms. The Hall–Kier alpha value is -4.60. The molecule has 0 unspecified atom stereocenters. The van der Waals surface area contributed by atoms with Gasteiger partial charge in [0.2, 0.25) is 5.91 Å². The normalized spacial score (nSPS) is 13.1. The summed E-state index contributed by atoms with van der Waals surface area (Å²) in [5.74, 6) is 0.0507. The number of hydrogen-bond donors (Lipinski definition) is 3. The Morgan fingerprint density at radius 3 is 2.29 bits per heavy atom. The number of anilines is 2. The van der Waals surface area contributed by atoms with Crippen molar-refractivity contribution < 1.29 is 9.90 Å². The number of carbonyl (C=O) groups excluding carboxylic acids is 1. The molecule has 0 fully saturated rings. The lowest BCUT2D eigenvalue weighted by Gasteiger charge is -2.33. The average Bonchev–Trinajstić information content (AvgIpc) is 3.01. The van der Waals surface area contributed by atoms with Crippen LogP contribution in [0.1, 0.15) is 40.6 Å². The molecule has 2 aromatic carbocycles. The molecule has 0 radical (unpaired) electrons. The highest BCUT2D eigenvalue weighted by Crippen LogP contribution is 2.43. The molecule has 0 aliphatic rings. The molecule has 1 amide bonds. The van der Waals surface area contributed by atoms with E-state index in [1.54, 1.807) is 18.6 Å². The summed E-state index contributed by atoms with van der Waals surface area (Å²) < 4.78 is 0. The van der Waals surface area contributed by atoms with Crippen molar-refractivity contribution in [2.24, 2.45) is 0 Å². The molecule has 0 saturated carbocycles. The number of thioether (sulfide) groups is 1. The van der Waals surface area contributed by atoms with Gasteiger partial charge in [-0.25, -0.2) is 15.0 Å². The molecule has 3 atom stereocenters. The number of hydrogen-bond acceptors (Lipinski definition) is 8. The molecule has 5 aromatic rings. The van der Waals surface area contributed by atoms with Crippen molar-refractivity contribution in [1.29, 1.82) is 0 Å². The van der Waals surface area contributed by atoms with Crippen LogP contribution in [0.3, 0.4) is 0 Å². The van der Waals surface area contributed by atoms with Crippen LogP contribution in [0.5, 0.6) is 0 Å². The van der Waals surface area contributed by atoms with Gasteiger partial charge >= 0.3 is 0 Å². The number of amides is 1. The SMILES string of the molecule is Cc1ccnc(SCC(=O)Nc2ccccc2[C@@H](Nc2ccccn2)[C@H](c2ccccn2)[C@H](O)c2ccccc2)n1. The van der Waals surface area contributed by atoms with Gasteiger partial charge in [-0.3, -0.25) is 9.78 Å². The molecule has 5 rings (SSSR count). The van der Waals surface area contributed by atoms with E-state index in [0.29, 0.717) is 22.4 Å². The van der Waals surface area contributed by atoms with Gasteiger partial charge in [0.25, 0.3) is 0 Å². The molecular formula is C32H30N6O2S. The maximum atomic E-state index is 13.1.